The van der Waals surface area contributed by atoms with E-state index in [0.29, 0.717) is 17.6 Å². The number of carbonyl (C=O) groups is 1. The van der Waals surface area contributed by atoms with Crippen LogP contribution in [-0.4, -0.2) is 5.78 Å². The van der Waals surface area contributed by atoms with Crippen LogP contribution >= 0.6 is 0 Å². The van der Waals surface area contributed by atoms with Crippen molar-refractivity contribution in [3.05, 3.63) is 0 Å². The number of hydrogen-bond acceptors (Lipinski definition) is 3. The van der Waals surface area contributed by atoms with Crippen molar-refractivity contribution in [1.82, 2.24) is 0 Å². The molecule has 0 spiro atoms. The Kier molecular flexibility index (Phi) is 10.2. The summed E-state index contributed by atoms with van der Waals surface area (Å²) in [6.07, 6.45) is 1.50. The molecule has 0 radical (unpaired) electrons. The fraction of sp³-hybridized carbons (Fsp3) is 0.889. The average Bonchev–Trinajstić information content (AvgIpc) is 1.87. The first kappa shape index (κ1) is 14.1. The average molecular weight is 174 g/mol. The predicted molar refractivity (Wildman–Crippen MR) is 52.3 cm³/mol. The second-order valence-electron chi connectivity index (χ2n) is 3.73. The van der Waals surface area contributed by atoms with E-state index in [4.69, 9.17) is 0 Å². The van der Waals surface area contributed by atoms with E-state index >= 15 is 0 Å². The Morgan fingerprint density at radius 2 is 1.25 bits per heavy atom. The first-order valence-corrected chi connectivity index (χ1v) is 4.37. The Hall–Kier alpha value is -0.410. The molecule has 0 aromatic rings. The summed E-state index contributed by atoms with van der Waals surface area (Å²) in [4.78, 5) is 11.1. The zero-order chi connectivity index (χ0) is 10.1. The Bertz CT molecular complexity index is 99.1. The molecule has 0 atom stereocenters. The summed E-state index contributed by atoms with van der Waals surface area (Å²) >= 11 is 0. The summed E-state index contributed by atoms with van der Waals surface area (Å²) in [6, 6.07) is 0. The van der Waals surface area contributed by atoms with E-state index in [1.165, 1.54) is 0 Å². The third-order valence-electron chi connectivity index (χ3n) is 1.27. The third-order valence-corrected chi connectivity index (χ3v) is 1.27. The predicted octanol–water partition coefficient (Wildman–Crippen LogP) is 1.47. The highest BCUT2D eigenvalue weighted by molar-refractivity contribution is 5.78. The van der Waals surface area contributed by atoms with Crippen molar-refractivity contribution in [1.29, 1.82) is 0 Å². The molecule has 0 heterocycles. The van der Waals surface area contributed by atoms with E-state index in [0.717, 1.165) is 12.8 Å². The Labute approximate surface area is 75.5 Å². The van der Waals surface area contributed by atoms with Crippen LogP contribution in [-0.2, 0) is 4.79 Å². The zero-order valence-corrected chi connectivity index (χ0v) is 8.63. The second kappa shape index (κ2) is 8.68. The van der Waals surface area contributed by atoms with Crippen LogP contribution in [0.15, 0.2) is 0 Å². The molecule has 12 heavy (non-hydrogen) atoms. The van der Waals surface area contributed by atoms with Crippen molar-refractivity contribution >= 4 is 5.78 Å². The van der Waals surface area contributed by atoms with Gasteiger partial charge in [0.05, 0.1) is 0 Å². The van der Waals surface area contributed by atoms with Gasteiger partial charge in [-0.3, -0.25) is 16.5 Å². The lowest BCUT2D eigenvalue weighted by molar-refractivity contribution is -0.120. The highest BCUT2D eigenvalue weighted by Crippen LogP contribution is 2.07. The van der Waals surface area contributed by atoms with Crippen LogP contribution < -0.4 is 11.7 Å². The first-order chi connectivity index (χ1) is 5.52. The Balaban J connectivity index is 0. The molecule has 0 saturated heterocycles. The van der Waals surface area contributed by atoms with Gasteiger partial charge in [-0.15, -0.1) is 0 Å². The lowest BCUT2D eigenvalue weighted by Gasteiger charge is -2.05. The Morgan fingerprint density at radius 1 is 1.00 bits per heavy atom. The quantitative estimate of drug-likeness (QED) is 0.501. The molecule has 0 aliphatic heterocycles. The fourth-order valence-electron chi connectivity index (χ4n) is 0.994. The standard InChI is InChI=1S/C9H18O.H4N2/c1-7(2)5-9(10)6-8(3)4;1-2/h7-8H,5-6H2,1-4H3;1-2H2. The number of hydrazine groups is 1. The molecule has 4 N–H and O–H groups in total. The zero-order valence-electron chi connectivity index (χ0n) is 8.63. The van der Waals surface area contributed by atoms with Crippen molar-refractivity contribution < 1.29 is 4.79 Å². The normalized spacial score (nSPS) is 9.67. The highest BCUT2D eigenvalue weighted by atomic mass is 16.1. The number of hydrogen-bond donors (Lipinski definition) is 2. The maximum Gasteiger partial charge on any atom is 0.133 e. The molecule has 3 heteroatoms. The largest absolute Gasteiger partial charge is 0.300 e. The van der Waals surface area contributed by atoms with Crippen molar-refractivity contribution in [3.8, 4) is 0 Å². The number of carbonyl (C=O) groups excluding carboxylic acids is 1. The van der Waals surface area contributed by atoms with Crippen molar-refractivity contribution in [2.45, 2.75) is 40.5 Å². The molecule has 0 amide bonds. The van der Waals surface area contributed by atoms with Gasteiger partial charge in [0.25, 0.3) is 0 Å². The van der Waals surface area contributed by atoms with E-state index in [-0.39, 0.29) is 0 Å². The van der Waals surface area contributed by atoms with Crippen LogP contribution in [0, 0.1) is 11.8 Å². The lowest BCUT2D eigenvalue weighted by atomic mass is 10.00. The molecule has 0 rings (SSSR count). The van der Waals surface area contributed by atoms with Gasteiger partial charge in [0.1, 0.15) is 5.78 Å². The maximum absolute atomic E-state index is 11.1. The summed E-state index contributed by atoms with van der Waals surface area (Å²) in [5.41, 5.74) is 0. The minimum atomic E-state index is 0.407. The van der Waals surface area contributed by atoms with Gasteiger partial charge in [0, 0.05) is 12.8 Å². The summed E-state index contributed by atoms with van der Waals surface area (Å²) < 4.78 is 0. The summed E-state index contributed by atoms with van der Waals surface area (Å²) in [5, 5.41) is 0. The second-order valence-corrected chi connectivity index (χ2v) is 3.73. The minimum Gasteiger partial charge on any atom is -0.300 e. The van der Waals surface area contributed by atoms with Crippen molar-refractivity contribution in [3.63, 3.8) is 0 Å². The van der Waals surface area contributed by atoms with Crippen LogP contribution in [0.2, 0.25) is 0 Å². The van der Waals surface area contributed by atoms with Crippen LogP contribution in [0.1, 0.15) is 40.5 Å². The molecule has 74 valence electrons. The van der Waals surface area contributed by atoms with E-state index in [2.05, 4.69) is 39.4 Å². The number of ketones is 1. The number of Topliss-reactive ketones (excluding diaryl/α,β-unsaturated/α-hetero) is 1. The van der Waals surface area contributed by atoms with Crippen LogP contribution in [0.4, 0.5) is 0 Å². The van der Waals surface area contributed by atoms with Gasteiger partial charge in [-0.2, -0.15) is 0 Å². The van der Waals surface area contributed by atoms with E-state index in [1.54, 1.807) is 0 Å². The molecule has 0 aromatic carbocycles. The van der Waals surface area contributed by atoms with Gasteiger partial charge in [0.15, 0.2) is 0 Å². The number of rotatable bonds is 4. The molecular weight excluding hydrogens is 152 g/mol. The summed E-state index contributed by atoms with van der Waals surface area (Å²) in [6.45, 7) is 8.33. The highest BCUT2D eigenvalue weighted by Gasteiger charge is 2.06. The monoisotopic (exact) mass is 174 g/mol. The SMILES string of the molecule is CC(C)CC(=O)CC(C)C.NN. The van der Waals surface area contributed by atoms with Crippen LogP contribution in [0.3, 0.4) is 0 Å². The smallest absolute Gasteiger partial charge is 0.133 e. The number of nitrogens with two attached hydrogens (primary N) is 2. The fourth-order valence-corrected chi connectivity index (χ4v) is 0.994. The van der Waals surface area contributed by atoms with Gasteiger partial charge in [-0.1, -0.05) is 27.7 Å². The van der Waals surface area contributed by atoms with Gasteiger partial charge >= 0.3 is 0 Å². The minimum absolute atomic E-state index is 0.407. The summed E-state index contributed by atoms with van der Waals surface area (Å²) in [5.74, 6) is 9.45. The molecule has 0 aliphatic rings. The van der Waals surface area contributed by atoms with Gasteiger partial charge in [0.2, 0.25) is 0 Å². The van der Waals surface area contributed by atoms with Gasteiger partial charge in [-0.05, 0) is 11.8 Å². The topological polar surface area (TPSA) is 69.1 Å². The molecular formula is C9H22N2O. The molecule has 3 nitrogen and oxygen atoms in total. The van der Waals surface area contributed by atoms with Crippen LogP contribution in [0.25, 0.3) is 0 Å². The van der Waals surface area contributed by atoms with Crippen molar-refractivity contribution in [2.75, 3.05) is 0 Å². The van der Waals surface area contributed by atoms with E-state index in [9.17, 15) is 4.79 Å². The molecule has 0 fully saturated rings. The molecule has 0 saturated carbocycles. The molecule has 0 aromatic heterocycles. The molecule has 0 bridgehead atoms. The van der Waals surface area contributed by atoms with Crippen LogP contribution in [0.5, 0.6) is 0 Å². The third kappa shape index (κ3) is 12.3. The molecule has 0 aliphatic carbocycles. The van der Waals surface area contributed by atoms with Gasteiger partial charge in [-0.25, -0.2) is 0 Å². The first-order valence-electron chi connectivity index (χ1n) is 4.37. The lowest BCUT2D eigenvalue weighted by Crippen LogP contribution is -2.05. The maximum atomic E-state index is 11.1. The van der Waals surface area contributed by atoms with Gasteiger partial charge < -0.3 is 0 Å². The Morgan fingerprint density at radius 3 is 1.42 bits per heavy atom. The summed E-state index contributed by atoms with van der Waals surface area (Å²) in [7, 11) is 0. The molecule has 0 unspecified atom stereocenters. The van der Waals surface area contributed by atoms with Crippen molar-refractivity contribution in [2.24, 2.45) is 23.5 Å². The van der Waals surface area contributed by atoms with E-state index in [1.807, 2.05) is 0 Å². The van der Waals surface area contributed by atoms with E-state index < -0.39 is 0 Å².